The summed E-state index contributed by atoms with van der Waals surface area (Å²) in [7, 11) is 2.10. The molecule has 0 aliphatic carbocycles. The summed E-state index contributed by atoms with van der Waals surface area (Å²) in [6, 6.07) is 5.20. The highest BCUT2D eigenvalue weighted by molar-refractivity contribution is 5.97. The molecule has 1 saturated heterocycles. The van der Waals surface area contributed by atoms with Crippen molar-refractivity contribution in [3.63, 3.8) is 0 Å². The van der Waals surface area contributed by atoms with Crippen molar-refractivity contribution in [1.29, 1.82) is 0 Å². The Balaban J connectivity index is 2.27. The van der Waals surface area contributed by atoms with E-state index in [-0.39, 0.29) is 5.56 Å². The van der Waals surface area contributed by atoms with Gasteiger partial charge in [-0.15, -0.1) is 0 Å². The Labute approximate surface area is 107 Å². The van der Waals surface area contributed by atoms with E-state index in [4.69, 9.17) is 10.8 Å². The van der Waals surface area contributed by atoms with E-state index >= 15 is 0 Å². The predicted octanol–water partition coefficient (Wildman–Crippen LogP) is 1.11. The van der Waals surface area contributed by atoms with Crippen molar-refractivity contribution in [2.75, 3.05) is 43.9 Å². The fourth-order valence-electron chi connectivity index (χ4n) is 2.30. The number of carbonyl (C=O) groups is 1. The highest BCUT2D eigenvalue weighted by Crippen LogP contribution is 2.27. The average molecular weight is 249 g/mol. The summed E-state index contributed by atoms with van der Waals surface area (Å²) >= 11 is 0. The molecule has 0 unspecified atom stereocenters. The van der Waals surface area contributed by atoms with Crippen LogP contribution in [0.15, 0.2) is 18.2 Å². The maximum atomic E-state index is 11.1. The van der Waals surface area contributed by atoms with Gasteiger partial charge in [-0.25, -0.2) is 4.79 Å². The van der Waals surface area contributed by atoms with Crippen molar-refractivity contribution >= 4 is 17.3 Å². The molecule has 1 aliphatic heterocycles. The van der Waals surface area contributed by atoms with Gasteiger partial charge in [0.05, 0.1) is 16.9 Å². The van der Waals surface area contributed by atoms with Crippen molar-refractivity contribution in [3.8, 4) is 0 Å². The number of carboxylic acids is 1. The van der Waals surface area contributed by atoms with Crippen LogP contribution in [0.2, 0.25) is 0 Å². The van der Waals surface area contributed by atoms with Gasteiger partial charge in [0.2, 0.25) is 0 Å². The Bertz CT molecular complexity index is 448. The standard InChI is InChI=1S/C13H19N3O2/c1-15-6-3-7-16(9-8-15)11-5-2-4-10(12(11)14)13(17)18/h2,4-5H,3,6-9,14H2,1H3,(H,17,18). The van der Waals surface area contributed by atoms with Crippen LogP contribution in [0.1, 0.15) is 16.8 Å². The largest absolute Gasteiger partial charge is 0.478 e. The molecule has 18 heavy (non-hydrogen) atoms. The number of benzene rings is 1. The van der Waals surface area contributed by atoms with E-state index in [1.807, 2.05) is 6.07 Å². The molecule has 3 N–H and O–H groups in total. The molecule has 1 heterocycles. The lowest BCUT2D eigenvalue weighted by molar-refractivity contribution is 0.0698. The molecule has 2 rings (SSSR count). The molecule has 0 atom stereocenters. The van der Waals surface area contributed by atoms with Crippen molar-refractivity contribution in [2.24, 2.45) is 0 Å². The summed E-state index contributed by atoms with van der Waals surface area (Å²) in [5.74, 6) is -0.971. The zero-order valence-electron chi connectivity index (χ0n) is 10.6. The first-order chi connectivity index (χ1) is 8.59. The fraction of sp³-hybridized carbons (Fsp3) is 0.462. The van der Waals surface area contributed by atoms with Crippen LogP contribution < -0.4 is 10.6 Å². The lowest BCUT2D eigenvalue weighted by atomic mass is 10.1. The molecule has 98 valence electrons. The van der Waals surface area contributed by atoms with Gasteiger partial charge in [-0.3, -0.25) is 0 Å². The molecule has 1 aromatic rings. The second-order valence-corrected chi connectivity index (χ2v) is 4.69. The number of aromatic carboxylic acids is 1. The van der Waals surface area contributed by atoms with Gasteiger partial charge in [0.15, 0.2) is 0 Å². The normalized spacial score (nSPS) is 17.5. The fourth-order valence-corrected chi connectivity index (χ4v) is 2.30. The number of nitrogens with two attached hydrogens (primary N) is 1. The molecule has 0 saturated carbocycles. The molecular weight excluding hydrogens is 230 g/mol. The Hall–Kier alpha value is -1.75. The molecule has 0 spiro atoms. The van der Waals surface area contributed by atoms with Gasteiger partial charge in [0.1, 0.15) is 0 Å². The van der Waals surface area contributed by atoms with E-state index in [0.717, 1.165) is 38.3 Å². The van der Waals surface area contributed by atoms with Crippen molar-refractivity contribution < 1.29 is 9.90 Å². The first-order valence-electron chi connectivity index (χ1n) is 6.15. The summed E-state index contributed by atoms with van der Waals surface area (Å²) < 4.78 is 0. The Morgan fingerprint density at radius 2 is 2.06 bits per heavy atom. The second-order valence-electron chi connectivity index (χ2n) is 4.69. The monoisotopic (exact) mass is 249 g/mol. The van der Waals surface area contributed by atoms with Gasteiger partial charge in [-0.05, 0) is 32.1 Å². The molecule has 1 aliphatic rings. The van der Waals surface area contributed by atoms with Crippen LogP contribution >= 0.6 is 0 Å². The predicted molar refractivity (Wildman–Crippen MR) is 72.1 cm³/mol. The van der Waals surface area contributed by atoms with E-state index in [9.17, 15) is 4.79 Å². The van der Waals surface area contributed by atoms with Gasteiger partial charge in [-0.1, -0.05) is 6.07 Å². The van der Waals surface area contributed by atoms with Gasteiger partial charge < -0.3 is 20.6 Å². The van der Waals surface area contributed by atoms with Crippen LogP contribution in [0.3, 0.4) is 0 Å². The third-order valence-electron chi connectivity index (χ3n) is 3.37. The zero-order valence-corrected chi connectivity index (χ0v) is 10.6. The second kappa shape index (κ2) is 5.27. The smallest absolute Gasteiger partial charge is 0.337 e. The topological polar surface area (TPSA) is 69.8 Å². The van der Waals surface area contributed by atoms with Crippen molar-refractivity contribution in [2.45, 2.75) is 6.42 Å². The maximum absolute atomic E-state index is 11.1. The van der Waals surface area contributed by atoms with E-state index < -0.39 is 5.97 Å². The number of hydrogen-bond acceptors (Lipinski definition) is 4. The van der Waals surface area contributed by atoms with Crippen molar-refractivity contribution in [1.82, 2.24) is 4.90 Å². The van der Waals surface area contributed by atoms with Gasteiger partial charge >= 0.3 is 5.97 Å². The number of nitrogen functional groups attached to an aromatic ring is 1. The number of likely N-dealkylation sites (N-methyl/N-ethyl adjacent to an activating group) is 1. The third-order valence-corrected chi connectivity index (χ3v) is 3.37. The van der Waals surface area contributed by atoms with Gasteiger partial charge in [-0.2, -0.15) is 0 Å². The zero-order chi connectivity index (χ0) is 13.1. The molecule has 0 aromatic heterocycles. The molecule has 5 heteroatoms. The number of rotatable bonds is 2. The quantitative estimate of drug-likeness (QED) is 0.768. The first kappa shape index (κ1) is 12.7. The van der Waals surface area contributed by atoms with E-state index in [1.165, 1.54) is 0 Å². The summed E-state index contributed by atoms with van der Waals surface area (Å²) in [5, 5.41) is 9.08. The molecular formula is C13H19N3O2. The Morgan fingerprint density at radius 3 is 2.78 bits per heavy atom. The van der Waals surface area contributed by atoms with Crippen LogP contribution in [0.25, 0.3) is 0 Å². The molecule has 0 bridgehead atoms. The van der Waals surface area contributed by atoms with Crippen molar-refractivity contribution in [3.05, 3.63) is 23.8 Å². The van der Waals surface area contributed by atoms with Crippen LogP contribution in [0.4, 0.5) is 11.4 Å². The Kier molecular flexibility index (Phi) is 3.72. The molecule has 0 amide bonds. The van der Waals surface area contributed by atoms with E-state index in [2.05, 4.69) is 16.8 Å². The lowest BCUT2D eigenvalue weighted by Crippen LogP contribution is -2.29. The van der Waals surface area contributed by atoms with Crippen LogP contribution in [0.5, 0.6) is 0 Å². The van der Waals surface area contributed by atoms with Crippen LogP contribution in [-0.4, -0.2) is 49.2 Å². The highest BCUT2D eigenvalue weighted by atomic mass is 16.4. The molecule has 0 radical (unpaired) electrons. The average Bonchev–Trinajstić information content (AvgIpc) is 2.54. The van der Waals surface area contributed by atoms with Crippen LogP contribution in [0, 0.1) is 0 Å². The van der Waals surface area contributed by atoms with Crippen LogP contribution in [-0.2, 0) is 0 Å². The minimum atomic E-state index is -0.971. The van der Waals surface area contributed by atoms with Gasteiger partial charge in [0.25, 0.3) is 0 Å². The summed E-state index contributed by atoms with van der Waals surface area (Å²) in [5.41, 5.74) is 7.36. The SMILES string of the molecule is CN1CCCN(c2cccc(C(=O)O)c2N)CC1. The summed E-state index contributed by atoms with van der Waals surface area (Å²) in [6.45, 7) is 3.83. The Morgan fingerprint density at radius 1 is 1.28 bits per heavy atom. The first-order valence-corrected chi connectivity index (χ1v) is 6.15. The lowest BCUT2D eigenvalue weighted by Gasteiger charge is -2.24. The summed E-state index contributed by atoms with van der Waals surface area (Å²) in [6.07, 6.45) is 1.06. The molecule has 1 aromatic carbocycles. The third kappa shape index (κ3) is 2.56. The van der Waals surface area contributed by atoms with Gasteiger partial charge in [0, 0.05) is 19.6 Å². The molecule has 5 nitrogen and oxygen atoms in total. The summed E-state index contributed by atoms with van der Waals surface area (Å²) in [4.78, 5) is 15.5. The maximum Gasteiger partial charge on any atom is 0.337 e. The number of anilines is 2. The number of para-hydroxylation sites is 1. The molecule has 1 fully saturated rings. The number of nitrogens with zero attached hydrogens (tertiary/aromatic N) is 2. The van der Waals surface area contributed by atoms with E-state index in [0.29, 0.717) is 5.69 Å². The minimum absolute atomic E-state index is 0.185. The minimum Gasteiger partial charge on any atom is -0.478 e. The highest BCUT2D eigenvalue weighted by Gasteiger charge is 2.18. The number of carboxylic acid groups (broad SMARTS) is 1. The number of hydrogen-bond donors (Lipinski definition) is 2. The van der Waals surface area contributed by atoms with E-state index in [1.54, 1.807) is 12.1 Å².